The van der Waals surface area contributed by atoms with Crippen LogP contribution in [0.3, 0.4) is 0 Å². The van der Waals surface area contributed by atoms with Gasteiger partial charge in [-0.3, -0.25) is 4.40 Å². The van der Waals surface area contributed by atoms with Gasteiger partial charge in [0.05, 0.1) is 12.3 Å². The predicted octanol–water partition coefficient (Wildman–Crippen LogP) is 3.79. The van der Waals surface area contributed by atoms with E-state index < -0.39 is 0 Å². The van der Waals surface area contributed by atoms with Gasteiger partial charge in [-0.25, -0.2) is 9.97 Å². The normalized spacial score (nSPS) is 10.9. The van der Waals surface area contributed by atoms with E-state index in [9.17, 15) is 0 Å². The Labute approximate surface area is 128 Å². The van der Waals surface area contributed by atoms with Crippen molar-refractivity contribution >= 4 is 17.4 Å². The minimum Gasteiger partial charge on any atom is -0.494 e. The van der Waals surface area contributed by atoms with Crippen molar-refractivity contribution in [3.05, 3.63) is 48.9 Å². The molecule has 0 aliphatic heterocycles. The summed E-state index contributed by atoms with van der Waals surface area (Å²) < 4.78 is 7.57. The Kier molecular flexibility index (Phi) is 4.36. The molecule has 0 aliphatic carbocycles. The lowest BCUT2D eigenvalue weighted by Crippen LogP contribution is -1.97. The zero-order chi connectivity index (χ0) is 14.5. The molecule has 108 valence electrons. The lowest BCUT2D eigenvalue weighted by atomic mass is 10.2. The number of benzene rings is 1. The Balaban J connectivity index is 1.71. The maximum absolute atomic E-state index is 5.66. The minimum atomic E-state index is 0.685. The summed E-state index contributed by atoms with van der Waals surface area (Å²) in [6, 6.07) is 9.84. The molecule has 0 bridgehead atoms. The standard InChI is InChI=1S/C16H16ClN3O/c17-8-1-2-11-21-14-6-4-13(5-7-14)15-12-20-10-3-9-18-16(20)19-15/h3-7,9-10,12H,1-2,8,11H2. The van der Waals surface area contributed by atoms with Crippen LogP contribution >= 0.6 is 11.6 Å². The molecule has 5 heteroatoms. The van der Waals surface area contributed by atoms with Crippen LogP contribution in [0, 0.1) is 0 Å². The van der Waals surface area contributed by atoms with Crippen LogP contribution in [-0.4, -0.2) is 26.9 Å². The number of unbranched alkanes of at least 4 members (excludes halogenated alkanes) is 1. The molecule has 3 aromatic rings. The number of nitrogens with zero attached hydrogens (tertiary/aromatic N) is 3. The maximum Gasteiger partial charge on any atom is 0.234 e. The largest absolute Gasteiger partial charge is 0.494 e. The summed E-state index contributed by atoms with van der Waals surface area (Å²) >= 11 is 5.64. The topological polar surface area (TPSA) is 39.4 Å². The Morgan fingerprint density at radius 1 is 1.14 bits per heavy atom. The molecule has 0 unspecified atom stereocenters. The molecular formula is C16H16ClN3O. The number of ether oxygens (including phenoxy) is 1. The van der Waals surface area contributed by atoms with Crippen molar-refractivity contribution in [1.82, 2.24) is 14.4 Å². The van der Waals surface area contributed by atoms with Gasteiger partial charge in [0.2, 0.25) is 5.78 Å². The summed E-state index contributed by atoms with van der Waals surface area (Å²) in [6.07, 6.45) is 7.60. The number of hydrogen-bond donors (Lipinski definition) is 0. The summed E-state index contributed by atoms with van der Waals surface area (Å²) in [7, 11) is 0. The number of alkyl halides is 1. The maximum atomic E-state index is 5.66. The van der Waals surface area contributed by atoms with Crippen molar-refractivity contribution in [3.63, 3.8) is 0 Å². The quantitative estimate of drug-likeness (QED) is 0.513. The summed E-state index contributed by atoms with van der Waals surface area (Å²) in [5.74, 6) is 2.26. The van der Waals surface area contributed by atoms with Gasteiger partial charge in [-0.1, -0.05) is 0 Å². The molecule has 0 atom stereocenters. The first-order valence-corrected chi connectivity index (χ1v) is 7.49. The van der Waals surface area contributed by atoms with Crippen molar-refractivity contribution in [2.24, 2.45) is 0 Å². The van der Waals surface area contributed by atoms with E-state index in [2.05, 4.69) is 9.97 Å². The SMILES string of the molecule is ClCCCCOc1ccc(-c2cn3cccnc3n2)cc1. The first kappa shape index (κ1) is 13.9. The van der Waals surface area contributed by atoms with Gasteiger partial charge >= 0.3 is 0 Å². The average Bonchev–Trinajstić information content (AvgIpc) is 2.96. The predicted molar refractivity (Wildman–Crippen MR) is 83.9 cm³/mol. The molecule has 0 saturated carbocycles. The molecule has 21 heavy (non-hydrogen) atoms. The van der Waals surface area contributed by atoms with E-state index in [-0.39, 0.29) is 0 Å². The Morgan fingerprint density at radius 2 is 2.00 bits per heavy atom. The lowest BCUT2D eigenvalue weighted by molar-refractivity contribution is 0.310. The number of hydrogen-bond acceptors (Lipinski definition) is 3. The van der Waals surface area contributed by atoms with Crippen LogP contribution in [0.4, 0.5) is 0 Å². The van der Waals surface area contributed by atoms with Crippen LogP contribution in [-0.2, 0) is 0 Å². The molecule has 2 heterocycles. The Hall–Kier alpha value is -2.07. The second kappa shape index (κ2) is 6.59. The van der Waals surface area contributed by atoms with E-state index in [0.29, 0.717) is 18.3 Å². The third-order valence-corrected chi connectivity index (χ3v) is 3.45. The highest BCUT2D eigenvalue weighted by Gasteiger charge is 2.04. The molecule has 0 N–H and O–H groups in total. The van der Waals surface area contributed by atoms with Crippen molar-refractivity contribution in [3.8, 4) is 17.0 Å². The van der Waals surface area contributed by atoms with E-state index in [0.717, 1.165) is 29.8 Å². The molecule has 2 aromatic heterocycles. The van der Waals surface area contributed by atoms with Crippen molar-refractivity contribution in [1.29, 1.82) is 0 Å². The number of rotatable bonds is 6. The van der Waals surface area contributed by atoms with E-state index in [1.165, 1.54) is 0 Å². The van der Waals surface area contributed by atoms with E-state index >= 15 is 0 Å². The van der Waals surface area contributed by atoms with Gasteiger partial charge in [-0.15, -0.1) is 11.6 Å². The third kappa shape index (κ3) is 3.34. The van der Waals surface area contributed by atoms with Gasteiger partial charge < -0.3 is 4.74 Å². The summed E-state index contributed by atoms with van der Waals surface area (Å²) in [6.45, 7) is 0.699. The van der Waals surface area contributed by atoms with Crippen LogP contribution in [0.2, 0.25) is 0 Å². The van der Waals surface area contributed by atoms with Crippen LogP contribution in [0.1, 0.15) is 12.8 Å². The average molecular weight is 302 g/mol. The molecule has 0 aliphatic rings. The van der Waals surface area contributed by atoms with Gasteiger partial charge in [0, 0.05) is 30.0 Å². The van der Waals surface area contributed by atoms with Gasteiger partial charge in [0.15, 0.2) is 0 Å². The highest BCUT2D eigenvalue weighted by molar-refractivity contribution is 6.17. The molecule has 0 amide bonds. The zero-order valence-corrected chi connectivity index (χ0v) is 12.3. The fourth-order valence-corrected chi connectivity index (χ4v) is 2.27. The Bertz CT molecular complexity index is 676. The fraction of sp³-hybridized carbons (Fsp3) is 0.250. The molecule has 0 spiro atoms. The first-order valence-electron chi connectivity index (χ1n) is 6.96. The van der Waals surface area contributed by atoms with Gasteiger partial charge in [0.25, 0.3) is 0 Å². The van der Waals surface area contributed by atoms with E-state index in [1.807, 2.05) is 47.1 Å². The molecule has 0 radical (unpaired) electrons. The van der Waals surface area contributed by atoms with Crippen LogP contribution < -0.4 is 4.74 Å². The number of halogens is 1. The second-order valence-corrected chi connectivity index (χ2v) is 5.10. The van der Waals surface area contributed by atoms with Crippen molar-refractivity contribution in [2.45, 2.75) is 12.8 Å². The second-order valence-electron chi connectivity index (χ2n) is 4.72. The summed E-state index contributed by atoms with van der Waals surface area (Å²) in [5.41, 5.74) is 1.95. The first-order chi connectivity index (χ1) is 10.4. The smallest absolute Gasteiger partial charge is 0.234 e. The zero-order valence-electron chi connectivity index (χ0n) is 11.6. The number of imidazole rings is 1. The number of aromatic nitrogens is 3. The molecule has 3 rings (SSSR count). The van der Waals surface area contributed by atoms with Gasteiger partial charge in [0.1, 0.15) is 5.75 Å². The molecule has 1 aromatic carbocycles. The van der Waals surface area contributed by atoms with Gasteiger partial charge in [-0.05, 0) is 43.2 Å². The van der Waals surface area contributed by atoms with E-state index in [1.54, 1.807) is 6.20 Å². The minimum absolute atomic E-state index is 0.685. The van der Waals surface area contributed by atoms with E-state index in [4.69, 9.17) is 16.3 Å². The van der Waals surface area contributed by atoms with Crippen molar-refractivity contribution in [2.75, 3.05) is 12.5 Å². The van der Waals surface area contributed by atoms with Crippen LogP contribution in [0.5, 0.6) is 5.75 Å². The monoisotopic (exact) mass is 301 g/mol. The summed E-state index contributed by atoms with van der Waals surface area (Å²) in [5, 5.41) is 0. The lowest BCUT2D eigenvalue weighted by Gasteiger charge is -2.05. The fourth-order valence-electron chi connectivity index (χ4n) is 2.08. The number of fused-ring (bicyclic) bond motifs is 1. The van der Waals surface area contributed by atoms with Crippen LogP contribution in [0.15, 0.2) is 48.9 Å². The molecule has 0 saturated heterocycles. The molecule has 0 fully saturated rings. The van der Waals surface area contributed by atoms with Crippen LogP contribution in [0.25, 0.3) is 17.0 Å². The molecular weight excluding hydrogens is 286 g/mol. The van der Waals surface area contributed by atoms with Gasteiger partial charge in [-0.2, -0.15) is 0 Å². The Morgan fingerprint density at radius 3 is 2.76 bits per heavy atom. The third-order valence-electron chi connectivity index (χ3n) is 3.18. The van der Waals surface area contributed by atoms with Crippen molar-refractivity contribution < 1.29 is 4.74 Å². The highest BCUT2D eigenvalue weighted by atomic mass is 35.5. The highest BCUT2D eigenvalue weighted by Crippen LogP contribution is 2.21. The summed E-state index contributed by atoms with van der Waals surface area (Å²) in [4.78, 5) is 8.71. The molecule has 4 nitrogen and oxygen atoms in total.